The van der Waals surface area contributed by atoms with Gasteiger partial charge in [-0.25, -0.2) is 4.98 Å². The molecule has 0 bridgehead atoms. The number of nitrogens with one attached hydrogen (secondary N) is 1. The number of rotatable bonds is 6. The molecule has 2 amide bonds. The van der Waals surface area contributed by atoms with Gasteiger partial charge in [0.1, 0.15) is 0 Å². The monoisotopic (exact) mass is 417 g/mol. The van der Waals surface area contributed by atoms with E-state index in [0.717, 1.165) is 24.9 Å². The predicted octanol–water partition coefficient (Wildman–Crippen LogP) is 3.78. The maximum atomic E-state index is 12.5. The zero-order valence-electron chi connectivity index (χ0n) is 15.7. The van der Waals surface area contributed by atoms with Gasteiger partial charge in [0.25, 0.3) is 0 Å². The number of aryl methyl sites for hydroxylation is 3. The number of anilines is 1. The third-order valence-corrected chi connectivity index (χ3v) is 6.86. The van der Waals surface area contributed by atoms with E-state index in [1.807, 2.05) is 23.5 Å². The number of hydrogen-bond donors (Lipinski definition) is 1. The summed E-state index contributed by atoms with van der Waals surface area (Å²) >= 11 is 7.74. The number of carbonyl (C=O) groups excluding carboxylic acids is 2. The highest BCUT2D eigenvalue weighted by molar-refractivity contribution is 7.11. The average Bonchev–Trinajstić information content (AvgIpc) is 3.29. The van der Waals surface area contributed by atoms with Crippen LogP contribution in [0.2, 0.25) is 5.02 Å². The van der Waals surface area contributed by atoms with E-state index in [0.29, 0.717) is 18.1 Å². The highest BCUT2D eigenvalue weighted by Crippen LogP contribution is 2.28. The fraction of sp³-hybridized carbons (Fsp3) is 0.476. The molecule has 28 heavy (non-hydrogen) atoms. The van der Waals surface area contributed by atoms with Crippen LogP contribution in [0, 0.1) is 5.92 Å². The summed E-state index contributed by atoms with van der Waals surface area (Å²) in [4.78, 5) is 32.6. The van der Waals surface area contributed by atoms with Gasteiger partial charge in [0.15, 0.2) is 0 Å². The van der Waals surface area contributed by atoms with Gasteiger partial charge in [-0.15, -0.1) is 11.3 Å². The predicted molar refractivity (Wildman–Crippen MR) is 112 cm³/mol. The van der Waals surface area contributed by atoms with Crippen LogP contribution in [0.25, 0.3) is 0 Å². The molecule has 2 aliphatic rings. The number of amides is 2. The molecule has 1 aromatic heterocycles. The van der Waals surface area contributed by atoms with Crippen molar-refractivity contribution in [2.45, 2.75) is 44.9 Å². The molecule has 4 rings (SSSR count). The number of carbonyl (C=O) groups is 2. The molecule has 2 aromatic rings. The van der Waals surface area contributed by atoms with Crippen molar-refractivity contribution in [2.24, 2.45) is 5.92 Å². The smallest absolute Gasteiger partial charge is 0.227 e. The number of thiazole rings is 1. The molecule has 0 saturated carbocycles. The van der Waals surface area contributed by atoms with Crippen molar-refractivity contribution in [1.29, 1.82) is 0 Å². The summed E-state index contributed by atoms with van der Waals surface area (Å²) in [6.45, 7) is 1.04. The van der Waals surface area contributed by atoms with Gasteiger partial charge in [-0.2, -0.15) is 0 Å². The fourth-order valence-corrected chi connectivity index (χ4v) is 5.19. The van der Waals surface area contributed by atoms with Crippen LogP contribution in [0.4, 0.5) is 5.69 Å². The lowest BCUT2D eigenvalue weighted by Crippen LogP contribution is -2.33. The van der Waals surface area contributed by atoms with Gasteiger partial charge in [-0.05, 0) is 56.4 Å². The molecule has 0 radical (unpaired) electrons. The van der Waals surface area contributed by atoms with Gasteiger partial charge in [-0.1, -0.05) is 11.6 Å². The molecule has 5 nitrogen and oxygen atoms in total. The van der Waals surface area contributed by atoms with Gasteiger partial charge < -0.3 is 10.2 Å². The van der Waals surface area contributed by atoms with E-state index in [9.17, 15) is 9.59 Å². The van der Waals surface area contributed by atoms with Gasteiger partial charge in [0, 0.05) is 41.5 Å². The summed E-state index contributed by atoms with van der Waals surface area (Å²) in [6.07, 6.45) is 6.84. The van der Waals surface area contributed by atoms with E-state index < -0.39 is 0 Å². The third-order valence-electron chi connectivity index (χ3n) is 5.39. The molecular weight excluding hydrogens is 394 g/mol. The van der Waals surface area contributed by atoms with Crippen molar-refractivity contribution >= 4 is 40.4 Å². The highest BCUT2D eigenvalue weighted by atomic mass is 35.5. The number of fused-ring (bicyclic) bond motifs is 1. The Morgan fingerprint density at radius 1 is 1.25 bits per heavy atom. The number of halogens is 1. The van der Waals surface area contributed by atoms with Crippen molar-refractivity contribution in [3.63, 3.8) is 0 Å². The quantitative estimate of drug-likeness (QED) is 0.727. The van der Waals surface area contributed by atoms with Crippen LogP contribution < -0.4 is 10.2 Å². The Morgan fingerprint density at radius 3 is 2.82 bits per heavy atom. The molecule has 7 heteroatoms. The second kappa shape index (κ2) is 8.62. The lowest BCUT2D eigenvalue weighted by Gasteiger charge is -2.16. The second-order valence-electron chi connectivity index (χ2n) is 7.46. The maximum absolute atomic E-state index is 12.5. The van der Waals surface area contributed by atoms with Gasteiger partial charge in [-0.3, -0.25) is 9.59 Å². The van der Waals surface area contributed by atoms with Gasteiger partial charge in [0.2, 0.25) is 11.8 Å². The minimum atomic E-state index is -0.296. The summed E-state index contributed by atoms with van der Waals surface area (Å²) < 4.78 is 0. The van der Waals surface area contributed by atoms with E-state index in [-0.39, 0.29) is 24.2 Å². The molecule has 1 aliphatic carbocycles. The zero-order chi connectivity index (χ0) is 19.5. The van der Waals surface area contributed by atoms with Gasteiger partial charge >= 0.3 is 0 Å². The summed E-state index contributed by atoms with van der Waals surface area (Å²) in [5.41, 5.74) is 2.08. The molecule has 1 fully saturated rings. The fourth-order valence-electron chi connectivity index (χ4n) is 3.86. The zero-order valence-corrected chi connectivity index (χ0v) is 17.3. The van der Waals surface area contributed by atoms with Crippen LogP contribution in [0.15, 0.2) is 24.3 Å². The molecule has 2 heterocycles. The topological polar surface area (TPSA) is 62.3 Å². The van der Waals surface area contributed by atoms with Crippen LogP contribution in [-0.4, -0.2) is 29.9 Å². The number of benzene rings is 1. The number of aromatic nitrogens is 1. The van der Waals surface area contributed by atoms with E-state index in [4.69, 9.17) is 16.6 Å². The Kier molecular flexibility index (Phi) is 5.97. The Labute approximate surface area is 174 Å². The van der Waals surface area contributed by atoms with Gasteiger partial charge in [0.05, 0.1) is 16.6 Å². The first-order chi connectivity index (χ1) is 13.6. The average molecular weight is 418 g/mol. The van der Waals surface area contributed by atoms with Crippen molar-refractivity contribution in [3.05, 3.63) is 44.9 Å². The SMILES string of the molecule is O=C(NCCCc1nc2c(s1)CCCC2)C1CC(=O)N(c2ccc(Cl)cc2)C1. The first-order valence-electron chi connectivity index (χ1n) is 9.91. The molecule has 148 valence electrons. The Bertz CT molecular complexity index is 842. The van der Waals surface area contributed by atoms with Crippen molar-refractivity contribution < 1.29 is 9.59 Å². The lowest BCUT2D eigenvalue weighted by atomic mass is 10.0. The van der Waals surface area contributed by atoms with Crippen LogP contribution in [0.3, 0.4) is 0 Å². The largest absolute Gasteiger partial charge is 0.356 e. The molecule has 1 aromatic carbocycles. The first kappa shape index (κ1) is 19.4. The van der Waals surface area contributed by atoms with Crippen molar-refractivity contribution in [3.8, 4) is 0 Å². The van der Waals surface area contributed by atoms with Crippen LogP contribution in [0.5, 0.6) is 0 Å². The van der Waals surface area contributed by atoms with E-state index in [1.54, 1.807) is 17.0 Å². The number of nitrogens with zero attached hydrogens (tertiary/aromatic N) is 2. The molecule has 0 spiro atoms. The summed E-state index contributed by atoms with van der Waals surface area (Å²) in [7, 11) is 0. The molecule has 1 aliphatic heterocycles. The minimum Gasteiger partial charge on any atom is -0.356 e. The maximum Gasteiger partial charge on any atom is 0.227 e. The van der Waals surface area contributed by atoms with Crippen molar-refractivity contribution in [2.75, 3.05) is 18.0 Å². The Balaban J connectivity index is 1.23. The summed E-state index contributed by atoms with van der Waals surface area (Å²) in [6, 6.07) is 7.14. The molecule has 1 atom stereocenters. The first-order valence-corrected chi connectivity index (χ1v) is 11.1. The minimum absolute atomic E-state index is 0.0177. The highest BCUT2D eigenvalue weighted by Gasteiger charge is 2.34. The van der Waals surface area contributed by atoms with Crippen LogP contribution in [-0.2, 0) is 28.9 Å². The summed E-state index contributed by atoms with van der Waals surface area (Å²) in [5, 5.41) is 4.81. The Hall–Kier alpha value is -1.92. The van der Waals surface area contributed by atoms with Crippen LogP contribution >= 0.6 is 22.9 Å². The molecular formula is C21H24ClN3O2S. The van der Waals surface area contributed by atoms with E-state index in [2.05, 4.69) is 5.32 Å². The normalized spacial score (nSPS) is 19.0. The van der Waals surface area contributed by atoms with Crippen molar-refractivity contribution in [1.82, 2.24) is 10.3 Å². The summed E-state index contributed by atoms with van der Waals surface area (Å²) in [5.74, 6) is -0.352. The molecule has 1 saturated heterocycles. The second-order valence-corrected chi connectivity index (χ2v) is 9.07. The van der Waals surface area contributed by atoms with E-state index in [1.165, 1.54) is 34.8 Å². The van der Waals surface area contributed by atoms with E-state index >= 15 is 0 Å². The lowest BCUT2D eigenvalue weighted by molar-refractivity contribution is -0.126. The van der Waals surface area contributed by atoms with Crippen LogP contribution in [0.1, 0.15) is 41.3 Å². The standard InChI is InChI=1S/C21H24ClN3O2S/c22-15-7-9-16(10-8-15)25-13-14(12-20(25)26)21(27)23-11-3-6-19-24-17-4-1-2-5-18(17)28-19/h7-10,14H,1-6,11-13H2,(H,23,27). The third kappa shape index (κ3) is 4.39. The molecule has 1 N–H and O–H groups in total. The molecule has 1 unspecified atom stereocenters. The Morgan fingerprint density at radius 2 is 2.04 bits per heavy atom. The number of hydrogen-bond acceptors (Lipinski definition) is 4.